The van der Waals surface area contributed by atoms with Gasteiger partial charge in [-0.1, -0.05) is 12.1 Å². The van der Waals surface area contributed by atoms with Gasteiger partial charge < -0.3 is 10.6 Å². The maximum absolute atomic E-state index is 14.2. The molecule has 100 valence electrons. The molecule has 0 amide bonds. The number of rotatable bonds is 2. The Bertz CT molecular complexity index is 592. The van der Waals surface area contributed by atoms with Gasteiger partial charge in [0, 0.05) is 24.0 Å². The van der Waals surface area contributed by atoms with Crippen molar-refractivity contribution in [1.29, 1.82) is 0 Å². The lowest BCUT2D eigenvalue weighted by atomic mass is 10.0. The first kappa shape index (κ1) is 12.6. The molecule has 3 rings (SSSR count). The lowest BCUT2D eigenvalue weighted by Crippen LogP contribution is -2.31. The van der Waals surface area contributed by atoms with Gasteiger partial charge in [0.2, 0.25) is 0 Å². The molecule has 0 bridgehead atoms. The average molecular weight is 276 g/mol. The van der Waals surface area contributed by atoms with Gasteiger partial charge in [0.05, 0.1) is 5.69 Å². The second-order valence-corrected chi connectivity index (χ2v) is 6.01. The molecule has 19 heavy (non-hydrogen) atoms. The Kier molecular flexibility index (Phi) is 3.29. The second kappa shape index (κ2) is 4.94. The van der Waals surface area contributed by atoms with Gasteiger partial charge in [0.1, 0.15) is 5.82 Å². The Morgan fingerprint density at radius 1 is 1.37 bits per heavy atom. The number of hydrogen-bond donors (Lipinski definition) is 1. The summed E-state index contributed by atoms with van der Waals surface area (Å²) in [6.07, 6.45) is 0.986. The summed E-state index contributed by atoms with van der Waals surface area (Å²) >= 11 is 1.79. The first-order chi connectivity index (χ1) is 9.16. The summed E-state index contributed by atoms with van der Waals surface area (Å²) in [5.41, 5.74) is 8.85. The molecule has 1 atom stereocenters. The normalized spacial score (nSPS) is 16.3. The van der Waals surface area contributed by atoms with Crippen molar-refractivity contribution in [2.45, 2.75) is 25.9 Å². The zero-order valence-electron chi connectivity index (χ0n) is 10.9. The Morgan fingerprint density at radius 3 is 3.00 bits per heavy atom. The largest absolute Gasteiger partial charge is 0.364 e. The molecule has 2 N–H and O–H groups in total. The molecule has 2 aromatic rings. The van der Waals surface area contributed by atoms with Gasteiger partial charge in [-0.25, -0.2) is 4.39 Å². The molecule has 0 radical (unpaired) electrons. The van der Waals surface area contributed by atoms with E-state index in [-0.39, 0.29) is 11.9 Å². The first-order valence-corrected chi connectivity index (χ1v) is 7.39. The van der Waals surface area contributed by atoms with E-state index in [4.69, 9.17) is 5.73 Å². The van der Waals surface area contributed by atoms with Crippen molar-refractivity contribution in [3.8, 4) is 0 Å². The molecule has 0 saturated heterocycles. The highest BCUT2D eigenvalue weighted by Crippen LogP contribution is 2.33. The highest BCUT2D eigenvalue weighted by atomic mass is 32.1. The van der Waals surface area contributed by atoms with Crippen LogP contribution in [-0.2, 0) is 13.0 Å². The second-order valence-electron chi connectivity index (χ2n) is 5.01. The van der Waals surface area contributed by atoms with Crippen LogP contribution in [0.2, 0.25) is 0 Å². The fourth-order valence-corrected chi connectivity index (χ4v) is 3.56. The van der Waals surface area contributed by atoms with Crippen LogP contribution in [0.1, 0.15) is 29.0 Å². The minimum Gasteiger partial charge on any atom is -0.364 e. The number of nitrogens with two attached hydrogens (primary N) is 1. The van der Waals surface area contributed by atoms with Gasteiger partial charge in [-0.05, 0) is 42.0 Å². The zero-order valence-corrected chi connectivity index (χ0v) is 11.7. The Balaban J connectivity index is 2.00. The molecular formula is C15H17FN2S. The van der Waals surface area contributed by atoms with Crippen molar-refractivity contribution in [3.63, 3.8) is 0 Å². The van der Waals surface area contributed by atoms with Crippen molar-refractivity contribution in [2.24, 2.45) is 5.73 Å². The van der Waals surface area contributed by atoms with Gasteiger partial charge in [0.15, 0.2) is 0 Å². The molecule has 2 nitrogen and oxygen atoms in total. The monoisotopic (exact) mass is 276 g/mol. The van der Waals surface area contributed by atoms with Crippen LogP contribution in [-0.4, -0.2) is 6.54 Å². The van der Waals surface area contributed by atoms with Crippen molar-refractivity contribution in [3.05, 3.63) is 51.5 Å². The fourth-order valence-electron chi connectivity index (χ4n) is 2.67. The van der Waals surface area contributed by atoms with Crippen LogP contribution in [0.3, 0.4) is 0 Å². The number of benzene rings is 1. The SMILES string of the molecule is C[C@@H](N)c1cccc(F)c1N1CCc2sccc2C1. The third-order valence-electron chi connectivity index (χ3n) is 3.63. The highest BCUT2D eigenvalue weighted by molar-refractivity contribution is 7.10. The molecule has 1 aliphatic rings. The molecule has 0 spiro atoms. The molecule has 1 aromatic carbocycles. The molecule has 0 unspecified atom stereocenters. The smallest absolute Gasteiger partial charge is 0.146 e. The van der Waals surface area contributed by atoms with Gasteiger partial charge in [-0.15, -0.1) is 11.3 Å². The number of para-hydroxylation sites is 1. The van der Waals surface area contributed by atoms with Crippen LogP contribution in [0, 0.1) is 5.82 Å². The summed E-state index contributed by atoms with van der Waals surface area (Å²) in [7, 11) is 0. The lowest BCUT2D eigenvalue weighted by molar-refractivity contribution is 0.604. The van der Waals surface area contributed by atoms with Crippen LogP contribution in [0.15, 0.2) is 29.6 Å². The Morgan fingerprint density at radius 2 is 2.21 bits per heavy atom. The molecule has 2 heterocycles. The predicted octanol–water partition coefficient (Wildman–Crippen LogP) is 3.47. The Hall–Kier alpha value is -1.39. The third kappa shape index (κ3) is 2.26. The third-order valence-corrected chi connectivity index (χ3v) is 4.66. The van der Waals surface area contributed by atoms with Crippen LogP contribution < -0.4 is 10.6 Å². The predicted molar refractivity (Wildman–Crippen MR) is 78.1 cm³/mol. The number of nitrogens with zero attached hydrogens (tertiary/aromatic N) is 1. The molecule has 0 fully saturated rings. The maximum atomic E-state index is 14.2. The standard InChI is InChI=1S/C15H17FN2S/c1-10(17)12-3-2-4-13(16)15(12)18-7-5-14-11(9-18)6-8-19-14/h2-4,6,8,10H,5,7,9,17H2,1H3/t10-/m1/s1. The zero-order chi connectivity index (χ0) is 13.4. The molecule has 0 aliphatic carbocycles. The number of thiophene rings is 1. The summed E-state index contributed by atoms with van der Waals surface area (Å²) in [5.74, 6) is -0.173. The average Bonchev–Trinajstić information content (AvgIpc) is 2.85. The van der Waals surface area contributed by atoms with E-state index in [1.807, 2.05) is 13.0 Å². The van der Waals surface area contributed by atoms with E-state index < -0.39 is 0 Å². The summed E-state index contributed by atoms with van der Waals surface area (Å²) in [4.78, 5) is 3.54. The molecule has 1 aliphatic heterocycles. The summed E-state index contributed by atoms with van der Waals surface area (Å²) in [6.45, 7) is 3.53. The maximum Gasteiger partial charge on any atom is 0.146 e. The minimum absolute atomic E-state index is 0.158. The van der Waals surface area contributed by atoms with Crippen molar-refractivity contribution in [2.75, 3.05) is 11.4 Å². The molecule has 0 saturated carbocycles. The number of fused-ring (bicyclic) bond motifs is 1. The molecule has 4 heteroatoms. The summed E-state index contributed by atoms with van der Waals surface area (Å²) in [6, 6.07) is 7.15. The summed E-state index contributed by atoms with van der Waals surface area (Å²) in [5, 5.41) is 2.11. The number of anilines is 1. The summed E-state index contributed by atoms with van der Waals surface area (Å²) < 4.78 is 14.2. The van der Waals surface area contributed by atoms with Gasteiger partial charge >= 0.3 is 0 Å². The topological polar surface area (TPSA) is 29.3 Å². The van der Waals surface area contributed by atoms with E-state index in [2.05, 4.69) is 16.3 Å². The quantitative estimate of drug-likeness (QED) is 0.910. The van der Waals surface area contributed by atoms with Crippen LogP contribution in [0.4, 0.5) is 10.1 Å². The fraction of sp³-hybridized carbons (Fsp3) is 0.333. The van der Waals surface area contributed by atoms with Crippen molar-refractivity contribution in [1.82, 2.24) is 0 Å². The first-order valence-electron chi connectivity index (χ1n) is 6.51. The van der Waals surface area contributed by atoms with E-state index in [1.54, 1.807) is 17.4 Å². The minimum atomic E-state index is -0.173. The lowest BCUT2D eigenvalue weighted by Gasteiger charge is -2.31. The number of hydrogen-bond acceptors (Lipinski definition) is 3. The highest BCUT2D eigenvalue weighted by Gasteiger charge is 2.23. The van der Waals surface area contributed by atoms with Crippen LogP contribution in [0.25, 0.3) is 0 Å². The van der Waals surface area contributed by atoms with E-state index in [1.165, 1.54) is 16.5 Å². The van der Waals surface area contributed by atoms with Crippen LogP contribution in [0.5, 0.6) is 0 Å². The molecule has 1 aromatic heterocycles. The number of halogens is 1. The van der Waals surface area contributed by atoms with Crippen molar-refractivity contribution < 1.29 is 4.39 Å². The van der Waals surface area contributed by atoms with Gasteiger partial charge in [-0.2, -0.15) is 0 Å². The van der Waals surface area contributed by atoms with E-state index in [9.17, 15) is 4.39 Å². The van der Waals surface area contributed by atoms with E-state index >= 15 is 0 Å². The Labute approximate surface area is 116 Å². The van der Waals surface area contributed by atoms with Gasteiger partial charge in [-0.3, -0.25) is 0 Å². The van der Waals surface area contributed by atoms with E-state index in [0.717, 1.165) is 25.1 Å². The van der Waals surface area contributed by atoms with E-state index in [0.29, 0.717) is 5.69 Å². The van der Waals surface area contributed by atoms with Gasteiger partial charge in [0.25, 0.3) is 0 Å². The molecular weight excluding hydrogens is 259 g/mol. The van der Waals surface area contributed by atoms with Crippen molar-refractivity contribution >= 4 is 17.0 Å². The van der Waals surface area contributed by atoms with Crippen LogP contribution >= 0.6 is 11.3 Å².